The lowest BCUT2D eigenvalue weighted by Crippen LogP contribution is -2.14. The smallest absolute Gasteiger partial charge is 0.192 e. The van der Waals surface area contributed by atoms with Crippen LogP contribution < -0.4 is 5.73 Å². The number of nitrogens with one attached hydrogen (secondary N) is 1. The molecule has 1 heterocycles. The van der Waals surface area contributed by atoms with Crippen molar-refractivity contribution < 1.29 is 4.79 Å². The molecule has 0 bridgehead atoms. The molecule has 1 aromatic heterocycles. The number of hydrogen-bond donors (Lipinski definition) is 2. The van der Waals surface area contributed by atoms with Crippen molar-refractivity contribution in [2.24, 2.45) is 5.73 Å². The Morgan fingerprint density at radius 3 is 2.25 bits per heavy atom. The molecule has 0 aliphatic carbocycles. The number of aromatic amines is 1. The minimum atomic E-state index is -0.0244. The minimum Gasteiger partial charge on any atom is -0.356 e. The third kappa shape index (κ3) is 1.28. The van der Waals surface area contributed by atoms with Gasteiger partial charge in [-0.05, 0) is 31.9 Å². The van der Waals surface area contributed by atoms with Gasteiger partial charge >= 0.3 is 0 Å². The summed E-state index contributed by atoms with van der Waals surface area (Å²) in [7, 11) is 0. The topological polar surface area (TPSA) is 58.9 Å². The third-order valence-corrected chi connectivity index (χ3v) is 2.28. The molecule has 3 heteroatoms. The van der Waals surface area contributed by atoms with E-state index < -0.39 is 0 Å². The van der Waals surface area contributed by atoms with Crippen molar-refractivity contribution in [3.8, 4) is 0 Å². The molecule has 1 aromatic rings. The largest absolute Gasteiger partial charge is 0.356 e. The number of nitrogens with two attached hydrogens (primary N) is 1. The fourth-order valence-electron chi connectivity index (χ4n) is 1.22. The van der Waals surface area contributed by atoms with Crippen LogP contribution in [0.1, 0.15) is 27.3 Å². The highest BCUT2D eigenvalue weighted by Gasteiger charge is 2.12. The van der Waals surface area contributed by atoms with Crippen molar-refractivity contribution >= 4 is 5.78 Å². The zero-order valence-corrected chi connectivity index (χ0v) is 7.69. The average molecular weight is 166 g/mol. The maximum absolute atomic E-state index is 11.2. The van der Waals surface area contributed by atoms with Crippen LogP contribution in [0.4, 0.5) is 0 Å². The number of aromatic nitrogens is 1. The highest BCUT2D eigenvalue weighted by Crippen LogP contribution is 2.16. The first-order chi connectivity index (χ1) is 5.57. The summed E-state index contributed by atoms with van der Waals surface area (Å²) in [4.78, 5) is 14.3. The zero-order chi connectivity index (χ0) is 9.30. The standard InChI is InChI=1S/C9H14N2O/c1-5-6(2)9(8(12)4-10)11-7(5)3/h11H,4,10H2,1-3H3. The van der Waals surface area contributed by atoms with Gasteiger partial charge in [0.15, 0.2) is 5.78 Å². The molecule has 12 heavy (non-hydrogen) atoms. The van der Waals surface area contributed by atoms with Gasteiger partial charge in [-0.25, -0.2) is 0 Å². The first-order valence-electron chi connectivity index (χ1n) is 3.97. The molecule has 3 nitrogen and oxygen atoms in total. The summed E-state index contributed by atoms with van der Waals surface area (Å²) in [5.74, 6) is -0.0244. The second kappa shape index (κ2) is 3.11. The Bertz CT molecular complexity index is 313. The predicted octanol–water partition coefficient (Wildman–Crippen LogP) is 1.08. The molecule has 0 aliphatic heterocycles. The summed E-state index contributed by atoms with van der Waals surface area (Å²) in [6, 6.07) is 0. The van der Waals surface area contributed by atoms with Crippen LogP contribution >= 0.6 is 0 Å². The monoisotopic (exact) mass is 166 g/mol. The lowest BCUT2D eigenvalue weighted by molar-refractivity contribution is 0.0996. The predicted molar refractivity (Wildman–Crippen MR) is 48.4 cm³/mol. The van der Waals surface area contributed by atoms with Gasteiger partial charge < -0.3 is 10.7 Å². The zero-order valence-electron chi connectivity index (χ0n) is 7.69. The van der Waals surface area contributed by atoms with Gasteiger partial charge in [-0.3, -0.25) is 4.79 Å². The SMILES string of the molecule is Cc1[nH]c(C(=O)CN)c(C)c1C. The summed E-state index contributed by atoms with van der Waals surface area (Å²) < 4.78 is 0. The first-order valence-corrected chi connectivity index (χ1v) is 3.97. The second-order valence-corrected chi connectivity index (χ2v) is 3.00. The van der Waals surface area contributed by atoms with Gasteiger partial charge in [0.1, 0.15) is 0 Å². The molecule has 3 N–H and O–H groups in total. The summed E-state index contributed by atoms with van der Waals surface area (Å²) >= 11 is 0. The summed E-state index contributed by atoms with van der Waals surface area (Å²) in [5.41, 5.74) is 9.13. The van der Waals surface area contributed by atoms with Crippen LogP contribution in [-0.4, -0.2) is 17.3 Å². The van der Waals surface area contributed by atoms with Crippen LogP contribution in [0.15, 0.2) is 0 Å². The number of hydrogen-bond acceptors (Lipinski definition) is 2. The van der Waals surface area contributed by atoms with Crippen LogP contribution in [-0.2, 0) is 0 Å². The van der Waals surface area contributed by atoms with Gasteiger partial charge in [0, 0.05) is 5.69 Å². The van der Waals surface area contributed by atoms with Crippen LogP contribution in [0.5, 0.6) is 0 Å². The van der Waals surface area contributed by atoms with Gasteiger partial charge in [-0.1, -0.05) is 0 Å². The summed E-state index contributed by atoms with van der Waals surface area (Å²) in [5, 5.41) is 0. The number of carbonyl (C=O) groups is 1. The maximum atomic E-state index is 11.2. The molecule has 0 saturated heterocycles. The minimum absolute atomic E-state index is 0.0244. The maximum Gasteiger partial charge on any atom is 0.192 e. The number of Topliss-reactive ketones (excluding diaryl/α,β-unsaturated/α-hetero) is 1. The Labute approximate surface area is 72.0 Å². The second-order valence-electron chi connectivity index (χ2n) is 3.00. The number of H-pyrrole nitrogens is 1. The lowest BCUT2D eigenvalue weighted by atomic mass is 10.1. The van der Waals surface area contributed by atoms with E-state index in [1.54, 1.807) is 0 Å². The molecule has 0 aliphatic rings. The van der Waals surface area contributed by atoms with Gasteiger partial charge in [0.2, 0.25) is 0 Å². The Balaban J connectivity index is 3.17. The fourth-order valence-corrected chi connectivity index (χ4v) is 1.22. The normalized spacial score (nSPS) is 10.3. The molecular formula is C9H14N2O. The van der Waals surface area contributed by atoms with Crippen LogP contribution in [0, 0.1) is 20.8 Å². The molecule has 0 aromatic carbocycles. The van der Waals surface area contributed by atoms with Crippen LogP contribution in [0.3, 0.4) is 0 Å². The number of rotatable bonds is 2. The van der Waals surface area contributed by atoms with E-state index in [2.05, 4.69) is 4.98 Å². The van der Waals surface area contributed by atoms with Gasteiger partial charge in [-0.15, -0.1) is 0 Å². The van der Waals surface area contributed by atoms with Crippen molar-refractivity contribution in [2.45, 2.75) is 20.8 Å². The molecule has 0 radical (unpaired) electrons. The first kappa shape index (κ1) is 9.00. The number of ketones is 1. The number of carbonyl (C=O) groups excluding carboxylic acids is 1. The van der Waals surface area contributed by atoms with Crippen molar-refractivity contribution in [1.29, 1.82) is 0 Å². The Hall–Kier alpha value is -1.09. The van der Waals surface area contributed by atoms with Crippen molar-refractivity contribution in [1.82, 2.24) is 4.98 Å². The van der Waals surface area contributed by atoms with E-state index in [0.29, 0.717) is 5.69 Å². The Morgan fingerprint density at radius 2 is 1.92 bits per heavy atom. The highest BCUT2D eigenvalue weighted by molar-refractivity contribution is 5.97. The van der Waals surface area contributed by atoms with Crippen LogP contribution in [0.2, 0.25) is 0 Å². The van der Waals surface area contributed by atoms with Crippen molar-refractivity contribution in [3.05, 3.63) is 22.5 Å². The highest BCUT2D eigenvalue weighted by atomic mass is 16.1. The van der Waals surface area contributed by atoms with E-state index in [9.17, 15) is 4.79 Å². The van der Waals surface area contributed by atoms with Gasteiger partial charge in [-0.2, -0.15) is 0 Å². The van der Waals surface area contributed by atoms with Crippen molar-refractivity contribution in [2.75, 3.05) is 6.54 Å². The van der Waals surface area contributed by atoms with E-state index in [1.165, 1.54) is 0 Å². The Morgan fingerprint density at radius 1 is 1.33 bits per heavy atom. The molecule has 0 fully saturated rings. The van der Waals surface area contributed by atoms with E-state index in [1.807, 2.05) is 20.8 Å². The third-order valence-electron chi connectivity index (χ3n) is 2.28. The van der Waals surface area contributed by atoms with Gasteiger partial charge in [0.05, 0.1) is 12.2 Å². The molecule has 1 rings (SSSR count). The van der Waals surface area contributed by atoms with Crippen molar-refractivity contribution in [3.63, 3.8) is 0 Å². The quantitative estimate of drug-likeness (QED) is 0.646. The molecule has 0 amide bonds. The summed E-state index contributed by atoms with van der Waals surface area (Å²) in [6.07, 6.45) is 0. The van der Waals surface area contributed by atoms with E-state index in [0.717, 1.165) is 16.8 Å². The van der Waals surface area contributed by atoms with Crippen LogP contribution in [0.25, 0.3) is 0 Å². The average Bonchev–Trinajstić information content (AvgIpc) is 2.32. The van der Waals surface area contributed by atoms with E-state index in [4.69, 9.17) is 5.73 Å². The molecule has 0 atom stereocenters. The molecule has 0 unspecified atom stereocenters. The molecule has 0 saturated carbocycles. The van der Waals surface area contributed by atoms with E-state index >= 15 is 0 Å². The summed E-state index contributed by atoms with van der Waals surface area (Å²) in [6.45, 7) is 5.95. The Kier molecular flexibility index (Phi) is 2.33. The molecule has 0 spiro atoms. The molecule has 66 valence electrons. The lowest BCUT2D eigenvalue weighted by Gasteiger charge is -1.95. The number of aryl methyl sites for hydroxylation is 1. The van der Waals surface area contributed by atoms with Gasteiger partial charge in [0.25, 0.3) is 0 Å². The molecular weight excluding hydrogens is 152 g/mol. The van der Waals surface area contributed by atoms with E-state index in [-0.39, 0.29) is 12.3 Å². The fraction of sp³-hybridized carbons (Fsp3) is 0.444.